The van der Waals surface area contributed by atoms with Gasteiger partial charge in [0.2, 0.25) is 5.91 Å². The molecule has 46 heavy (non-hydrogen) atoms. The Morgan fingerprint density at radius 3 is 2.54 bits per heavy atom. The third kappa shape index (κ3) is 6.49. The van der Waals surface area contributed by atoms with E-state index >= 15 is 0 Å². The van der Waals surface area contributed by atoms with Crippen LogP contribution >= 0.6 is 0 Å². The van der Waals surface area contributed by atoms with Crippen molar-refractivity contribution in [2.45, 2.75) is 75.7 Å². The second-order valence-corrected chi connectivity index (χ2v) is 12.7. The summed E-state index contributed by atoms with van der Waals surface area (Å²) in [5.74, 6) is -0.952. The van der Waals surface area contributed by atoms with Gasteiger partial charge in [-0.25, -0.2) is 4.39 Å². The molecule has 1 saturated carbocycles. The summed E-state index contributed by atoms with van der Waals surface area (Å²) >= 11 is 0. The summed E-state index contributed by atoms with van der Waals surface area (Å²) in [7, 11) is 0. The molecule has 1 aromatic heterocycles. The molecule has 13 heteroatoms. The minimum Gasteiger partial charge on any atom is -0.455 e. The smallest absolute Gasteiger partial charge is 0.421 e. The van der Waals surface area contributed by atoms with E-state index in [1.165, 1.54) is 23.1 Å². The van der Waals surface area contributed by atoms with Gasteiger partial charge in [-0.05, 0) is 76.2 Å². The predicted molar refractivity (Wildman–Crippen MR) is 164 cm³/mol. The molecule has 4 aliphatic rings. The number of benzene rings is 1. The summed E-state index contributed by atoms with van der Waals surface area (Å²) in [5.41, 5.74) is -0.670. The first-order valence-corrected chi connectivity index (χ1v) is 16.1. The molecule has 3 aliphatic heterocycles. The van der Waals surface area contributed by atoms with Gasteiger partial charge in [0, 0.05) is 38.3 Å². The van der Waals surface area contributed by atoms with Gasteiger partial charge in [-0.1, -0.05) is 12.6 Å². The number of nitriles is 1. The summed E-state index contributed by atoms with van der Waals surface area (Å²) in [6.07, 6.45) is 2.89. The zero-order chi connectivity index (χ0) is 32.5. The fourth-order valence-corrected chi connectivity index (χ4v) is 7.55. The average molecular weight is 642 g/mol. The lowest BCUT2D eigenvalue weighted by atomic mass is 10.0. The molecule has 0 unspecified atom stereocenters. The molecule has 9 nitrogen and oxygen atoms in total. The number of carbonyl (C=O) groups is 1. The molecule has 0 N–H and O–H groups in total. The second-order valence-electron chi connectivity index (χ2n) is 12.7. The molecule has 4 heterocycles. The lowest BCUT2D eigenvalue weighted by Gasteiger charge is -2.42. The molecule has 1 aliphatic carbocycles. The first kappa shape index (κ1) is 32.0. The summed E-state index contributed by atoms with van der Waals surface area (Å²) in [6, 6.07) is 5.37. The van der Waals surface area contributed by atoms with Crippen molar-refractivity contribution in [1.29, 1.82) is 5.26 Å². The lowest BCUT2D eigenvalue weighted by molar-refractivity contribution is -0.139. The van der Waals surface area contributed by atoms with Gasteiger partial charge < -0.3 is 19.4 Å². The topological polar surface area (TPSA) is 88.8 Å². The first-order chi connectivity index (χ1) is 22.1. The van der Waals surface area contributed by atoms with Crippen molar-refractivity contribution < 1.29 is 27.1 Å². The van der Waals surface area contributed by atoms with Crippen LogP contribution in [0.15, 0.2) is 30.9 Å². The van der Waals surface area contributed by atoms with Crippen molar-refractivity contribution in [3.05, 3.63) is 53.5 Å². The molecule has 3 fully saturated rings. The molecule has 2 saturated heterocycles. The number of fused-ring (bicyclic) bond motifs is 1. The number of aromatic nitrogens is 2. The van der Waals surface area contributed by atoms with E-state index in [1.54, 1.807) is 4.90 Å². The molecule has 0 bridgehead atoms. The van der Waals surface area contributed by atoms with Gasteiger partial charge in [0.25, 0.3) is 0 Å². The van der Waals surface area contributed by atoms with Gasteiger partial charge in [0.15, 0.2) is 0 Å². The van der Waals surface area contributed by atoms with Crippen molar-refractivity contribution in [3.8, 4) is 12.1 Å². The Morgan fingerprint density at radius 1 is 1.09 bits per heavy atom. The van der Waals surface area contributed by atoms with E-state index in [1.807, 2.05) is 4.90 Å². The Bertz CT molecular complexity index is 1500. The van der Waals surface area contributed by atoms with Crippen LogP contribution in [0, 0.1) is 17.1 Å². The number of anilines is 2. The minimum atomic E-state index is -4.87. The van der Waals surface area contributed by atoms with Crippen molar-refractivity contribution in [2.24, 2.45) is 0 Å². The van der Waals surface area contributed by atoms with Crippen LogP contribution in [0.25, 0.3) is 0 Å². The minimum absolute atomic E-state index is 0.0173. The molecule has 1 aromatic carbocycles. The quantitative estimate of drug-likeness (QED) is 0.291. The van der Waals surface area contributed by atoms with Crippen molar-refractivity contribution >= 4 is 17.4 Å². The van der Waals surface area contributed by atoms with Crippen LogP contribution in [-0.2, 0) is 23.9 Å². The first-order valence-electron chi connectivity index (χ1n) is 16.1. The Labute approximate surface area is 266 Å². The number of amides is 1. The maximum atomic E-state index is 14.6. The van der Waals surface area contributed by atoms with Gasteiger partial charge in [-0.3, -0.25) is 9.69 Å². The zero-order valence-electron chi connectivity index (χ0n) is 25.9. The number of likely N-dealkylation sites (tertiary alicyclic amines) is 1. The Balaban J connectivity index is 1.37. The molecule has 1 amide bonds. The number of piperazine rings is 1. The molecule has 246 valence electrons. The monoisotopic (exact) mass is 641 g/mol. The maximum absolute atomic E-state index is 14.6. The number of halogens is 4. The van der Waals surface area contributed by atoms with E-state index in [9.17, 15) is 27.6 Å². The predicted octanol–water partition coefficient (Wildman–Crippen LogP) is 5.10. The lowest BCUT2D eigenvalue weighted by Crippen LogP contribution is -2.55. The molecule has 6 rings (SSSR count). The molecular weight excluding hydrogens is 602 g/mol. The maximum Gasteiger partial charge on any atom is 0.421 e. The van der Waals surface area contributed by atoms with Crippen molar-refractivity contribution in [2.75, 3.05) is 55.6 Å². The summed E-state index contributed by atoms with van der Waals surface area (Å²) < 4.78 is 63.3. The molecule has 0 spiro atoms. The van der Waals surface area contributed by atoms with E-state index in [0.29, 0.717) is 37.6 Å². The highest BCUT2D eigenvalue weighted by atomic mass is 19.4. The van der Waals surface area contributed by atoms with Gasteiger partial charge in [0.1, 0.15) is 22.8 Å². The van der Waals surface area contributed by atoms with E-state index in [2.05, 4.69) is 17.5 Å². The Kier molecular flexibility index (Phi) is 9.10. The number of hydrogen-bond donors (Lipinski definition) is 0. The average Bonchev–Trinajstić information content (AvgIpc) is 3.72. The van der Waals surface area contributed by atoms with E-state index in [4.69, 9.17) is 14.7 Å². The summed E-state index contributed by atoms with van der Waals surface area (Å²) in [5, 5.41) is 9.53. The highest BCUT2D eigenvalue weighted by molar-refractivity contribution is 5.87. The summed E-state index contributed by atoms with van der Waals surface area (Å²) in [4.78, 5) is 30.0. The Morgan fingerprint density at radius 2 is 1.85 bits per heavy atom. The third-order valence-electron chi connectivity index (χ3n) is 9.74. The molecule has 1 atom stereocenters. The number of nitrogens with zero attached hydrogens (tertiary/aromatic N) is 7. The van der Waals surface area contributed by atoms with E-state index in [-0.39, 0.29) is 37.1 Å². The third-order valence-corrected chi connectivity index (χ3v) is 9.74. The molecular formula is C33H39F4N7O2. The SMILES string of the molecule is C=CC(=O)N1CCN(c2nc(OC3(CN4CCCC4)CCCC3)nc3c2CCN(c2cccc(F)c2C(F)(F)F)C3)C[C@@H]1CC#N. The van der Waals surface area contributed by atoms with Gasteiger partial charge >= 0.3 is 12.2 Å². The van der Waals surface area contributed by atoms with Crippen LogP contribution in [0.5, 0.6) is 6.01 Å². The normalized spacial score (nSPS) is 21.6. The van der Waals surface area contributed by atoms with Crippen LogP contribution in [0.1, 0.15) is 61.8 Å². The number of alkyl halides is 3. The molecule has 2 aromatic rings. The Hall–Kier alpha value is -3.92. The summed E-state index contributed by atoms with van der Waals surface area (Å²) in [6.45, 7) is 7.75. The second kappa shape index (κ2) is 13.1. The van der Waals surface area contributed by atoms with Crippen LogP contribution in [0.3, 0.4) is 0 Å². The van der Waals surface area contributed by atoms with Crippen LogP contribution in [0.4, 0.5) is 29.1 Å². The van der Waals surface area contributed by atoms with Gasteiger partial charge in [-0.15, -0.1) is 0 Å². The number of rotatable bonds is 8. The zero-order valence-corrected chi connectivity index (χ0v) is 25.9. The fraction of sp³-hybridized carbons (Fsp3) is 0.576. The standard InChI is InChI=1S/C33H39F4N7O2/c1-2-28(45)44-19-18-43(20-23(44)10-14-38)30-24-11-17-42(27-9-7-8-25(34)29(27)33(35,36)37)21-26(24)39-31(40-30)46-32(12-3-4-13-32)22-41-15-5-6-16-41/h2,7-9,23H,1,3-6,10-13,15-22H2/t23-/m0/s1. The van der Waals surface area contributed by atoms with Crippen molar-refractivity contribution in [3.63, 3.8) is 0 Å². The molecule has 0 radical (unpaired) electrons. The van der Waals surface area contributed by atoms with Gasteiger partial charge in [0.05, 0.1) is 36.5 Å². The largest absolute Gasteiger partial charge is 0.455 e. The number of ether oxygens (including phenoxy) is 1. The van der Waals surface area contributed by atoms with Crippen LogP contribution < -0.4 is 14.5 Å². The van der Waals surface area contributed by atoms with E-state index in [0.717, 1.165) is 69.8 Å². The van der Waals surface area contributed by atoms with Gasteiger partial charge in [-0.2, -0.15) is 28.4 Å². The van der Waals surface area contributed by atoms with Crippen LogP contribution in [0.2, 0.25) is 0 Å². The van der Waals surface area contributed by atoms with E-state index < -0.39 is 29.2 Å². The highest BCUT2D eigenvalue weighted by Crippen LogP contribution is 2.41. The number of hydrogen-bond acceptors (Lipinski definition) is 8. The van der Waals surface area contributed by atoms with Crippen LogP contribution in [-0.4, -0.2) is 83.1 Å². The highest BCUT2D eigenvalue weighted by Gasteiger charge is 2.42. The fourth-order valence-electron chi connectivity index (χ4n) is 7.55. The van der Waals surface area contributed by atoms with Crippen molar-refractivity contribution in [1.82, 2.24) is 19.8 Å². The number of carbonyl (C=O) groups excluding carboxylic acids is 1.